The molecule has 0 unspecified atom stereocenters. The molecule has 8 aromatic carbocycles. The molecule has 67 heavy (non-hydrogen) atoms. The van der Waals surface area contributed by atoms with Crippen LogP contribution in [0.4, 0.5) is 17.3 Å². The smallest absolute Gasteiger partial charge is 0.238 e. The highest BCUT2D eigenvalue weighted by Crippen LogP contribution is 2.58. The molecule has 4 heteroatoms. The van der Waals surface area contributed by atoms with Gasteiger partial charge in [-0.25, -0.2) is 4.98 Å². The van der Waals surface area contributed by atoms with Gasteiger partial charge in [-0.1, -0.05) is 201 Å². The lowest BCUT2D eigenvalue weighted by Gasteiger charge is -2.32. The van der Waals surface area contributed by atoms with Crippen molar-refractivity contribution >= 4 is 17.3 Å². The molecule has 324 valence electrons. The van der Waals surface area contributed by atoms with Crippen LogP contribution in [0.5, 0.6) is 0 Å². The fourth-order valence-electron chi connectivity index (χ4n) is 12.7. The highest BCUT2D eigenvalue weighted by atomic mass is 15.3. The number of aromatic nitrogens is 3. The third-order valence-corrected chi connectivity index (χ3v) is 16.1. The van der Waals surface area contributed by atoms with Crippen molar-refractivity contribution < 1.29 is 0 Å². The Labute approximate surface area is 394 Å². The van der Waals surface area contributed by atoms with Crippen molar-refractivity contribution in [1.29, 1.82) is 0 Å². The summed E-state index contributed by atoms with van der Waals surface area (Å²) < 4.78 is 0. The van der Waals surface area contributed by atoms with Crippen LogP contribution in [0.3, 0.4) is 0 Å². The molecule has 0 spiro atoms. The predicted molar refractivity (Wildman–Crippen MR) is 276 cm³/mol. The van der Waals surface area contributed by atoms with Gasteiger partial charge in [-0.05, 0) is 108 Å². The van der Waals surface area contributed by atoms with Crippen LogP contribution in [0.15, 0.2) is 170 Å². The van der Waals surface area contributed by atoms with Crippen molar-refractivity contribution in [3.63, 3.8) is 0 Å². The third-order valence-electron chi connectivity index (χ3n) is 16.1. The molecular weight excluding hydrogens is 813 g/mol. The highest BCUT2D eigenvalue weighted by Gasteiger charge is 2.43. The molecule has 0 amide bonds. The summed E-state index contributed by atoms with van der Waals surface area (Å²) in [5, 5.41) is 0. The van der Waals surface area contributed by atoms with E-state index in [9.17, 15) is 0 Å². The number of hydrogen-bond donors (Lipinski definition) is 0. The minimum Gasteiger partial charge on any atom is -0.278 e. The number of benzene rings is 8. The van der Waals surface area contributed by atoms with Gasteiger partial charge in [-0.2, -0.15) is 9.97 Å². The van der Waals surface area contributed by atoms with Crippen molar-refractivity contribution in [2.75, 3.05) is 4.90 Å². The van der Waals surface area contributed by atoms with Gasteiger partial charge in [0.05, 0.1) is 11.4 Å². The monoisotopic (exact) mass is 864 g/mol. The van der Waals surface area contributed by atoms with E-state index in [1.807, 2.05) is 0 Å². The standard InChI is InChI=1S/C63H52N4/c1-60(2)46-24-13-10-20-40(46)44-35-37(31-33-50(44)60)57-64-58(38-32-34-51-45(36-38)41-21-11-14-25-47(41)61(51,3)4)66-59(65-57)67(53-29-18-28-52-55(53)43-22-12-16-27-49(43)62(52,5)6)54-30-17-23-42-39-19-9-15-26-48(39)63(7,8)56(42)54/h9-36H,1-8H3. The Kier molecular flexibility index (Phi) is 8.08. The fraction of sp³-hybridized carbons (Fsp3) is 0.190. The summed E-state index contributed by atoms with van der Waals surface area (Å²) in [6.07, 6.45) is 0. The number of anilines is 3. The number of rotatable bonds is 5. The van der Waals surface area contributed by atoms with Gasteiger partial charge in [0.25, 0.3) is 0 Å². The Balaban J connectivity index is 1.11. The summed E-state index contributed by atoms with van der Waals surface area (Å²) in [4.78, 5) is 19.2. The maximum absolute atomic E-state index is 5.68. The van der Waals surface area contributed by atoms with Crippen LogP contribution in [-0.2, 0) is 21.7 Å². The second kappa shape index (κ2) is 13.6. The van der Waals surface area contributed by atoms with Gasteiger partial charge in [0.2, 0.25) is 5.95 Å². The zero-order valence-electron chi connectivity index (χ0n) is 39.5. The molecule has 0 N–H and O–H groups in total. The van der Waals surface area contributed by atoms with Gasteiger partial charge in [0.1, 0.15) is 0 Å². The van der Waals surface area contributed by atoms with Gasteiger partial charge in [0, 0.05) is 38.4 Å². The molecule has 4 nitrogen and oxygen atoms in total. The van der Waals surface area contributed by atoms with Gasteiger partial charge in [-0.3, -0.25) is 4.90 Å². The molecule has 0 saturated heterocycles. The number of hydrogen-bond acceptors (Lipinski definition) is 4. The van der Waals surface area contributed by atoms with E-state index in [1.54, 1.807) is 0 Å². The molecule has 1 aromatic heterocycles. The van der Waals surface area contributed by atoms with Crippen LogP contribution in [0, 0.1) is 0 Å². The van der Waals surface area contributed by atoms with E-state index in [2.05, 4.69) is 230 Å². The molecule has 0 atom stereocenters. The van der Waals surface area contributed by atoms with Crippen LogP contribution >= 0.6 is 0 Å². The predicted octanol–water partition coefficient (Wildman–Crippen LogP) is 15.9. The van der Waals surface area contributed by atoms with Gasteiger partial charge < -0.3 is 0 Å². The Morgan fingerprint density at radius 2 is 0.701 bits per heavy atom. The third kappa shape index (κ3) is 5.38. The maximum atomic E-state index is 5.68. The first kappa shape index (κ1) is 39.9. The van der Waals surface area contributed by atoms with Crippen molar-refractivity contribution in [1.82, 2.24) is 15.0 Å². The van der Waals surface area contributed by atoms with Crippen molar-refractivity contribution in [3.05, 3.63) is 214 Å². The summed E-state index contributed by atoms with van der Waals surface area (Å²) in [7, 11) is 0. The summed E-state index contributed by atoms with van der Waals surface area (Å²) in [5.41, 5.74) is 23.7. The Bertz CT molecular complexity index is 3480. The second-order valence-corrected chi connectivity index (χ2v) is 21.2. The van der Waals surface area contributed by atoms with Gasteiger partial charge >= 0.3 is 0 Å². The van der Waals surface area contributed by atoms with Crippen LogP contribution < -0.4 is 4.90 Å². The Morgan fingerprint density at radius 3 is 1.25 bits per heavy atom. The SMILES string of the molecule is CC1(C)c2ccccc2-c2cc(-c3nc(-c4ccc5c(c4)-c4ccccc4C5(C)C)nc(N(c4cccc5c4-c4ccccc4C5(C)C)c4cccc5c4C(C)(C)c4ccccc4-5)n3)ccc21. The fourth-order valence-corrected chi connectivity index (χ4v) is 12.7. The molecule has 0 radical (unpaired) electrons. The zero-order chi connectivity index (χ0) is 45.8. The molecular formula is C63H52N4. The van der Waals surface area contributed by atoms with Crippen LogP contribution in [0.25, 0.3) is 67.3 Å². The van der Waals surface area contributed by atoms with Crippen LogP contribution in [0.2, 0.25) is 0 Å². The number of nitrogens with zero attached hydrogens (tertiary/aromatic N) is 4. The van der Waals surface area contributed by atoms with E-state index in [0.717, 1.165) is 22.5 Å². The first-order valence-electron chi connectivity index (χ1n) is 23.8. The summed E-state index contributed by atoms with van der Waals surface area (Å²) in [5.74, 6) is 1.86. The van der Waals surface area contributed by atoms with Crippen molar-refractivity contribution in [3.8, 4) is 67.3 Å². The van der Waals surface area contributed by atoms with E-state index in [0.29, 0.717) is 17.6 Å². The summed E-state index contributed by atoms with van der Waals surface area (Å²) in [6.45, 7) is 18.8. The minimum atomic E-state index is -0.311. The summed E-state index contributed by atoms with van der Waals surface area (Å²) >= 11 is 0. The summed E-state index contributed by atoms with van der Waals surface area (Å²) in [6, 6.07) is 62.8. The van der Waals surface area contributed by atoms with Gasteiger partial charge in [-0.15, -0.1) is 0 Å². The van der Waals surface area contributed by atoms with Crippen molar-refractivity contribution in [2.45, 2.75) is 77.0 Å². The van der Waals surface area contributed by atoms with E-state index in [1.165, 1.54) is 89.0 Å². The van der Waals surface area contributed by atoms with Crippen LogP contribution in [-0.4, -0.2) is 15.0 Å². The van der Waals surface area contributed by atoms with E-state index >= 15 is 0 Å². The van der Waals surface area contributed by atoms with Gasteiger partial charge in [0.15, 0.2) is 11.6 Å². The lowest BCUT2D eigenvalue weighted by molar-refractivity contribution is 0.659. The minimum absolute atomic E-state index is 0.124. The van der Waals surface area contributed by atoms with E-state index < -0.39 is 0 Å². The first-order valence-corrected chi connectivity index (χ1v) is 23.8. The molecule has 0 aliphatic heterocycles. The topological polar surface area (TPSA) is 41.9 Å². The van der Waals surface area contributed by atoms with Crippen molar-refractivity contribution in [2.24, 2.45) is 0 Å². The largest absolute Gasteiger partial charge is 0.278 e. The molecule has 0 saturated carbocycles. The number of fused-ring (bicyclic) bond motifs is 12. The lowest BCUT2D eigenvalue weighted by atomic mass is 9.81. The quantitative estimate of drug-likeness (QED) is 0.173. The average Bonchev–Trinajstić information content (AvgIpc) is 3.92. The second-order valence-electron chi connectivity index (χ2n) is 21.2. The normalized spacial score (nSPS) is 16.2. The first-order chi connectivity index (χ1) is 32.3. The molecule has 4 aliphatic rings. The molecule has 0 fully saturated rings. The molecule has 1 heterocycles. The highest BCUT2D eigenvalue weighted by molar-refractivity contribution is 5.97. The van der Waals surface area contributed by atoms with Crippen LogP contribution in [0.1, 0.15) is 99.9 Å². The van der Waals surface area contributed by atoms with E-state index in [-0.39, 0.29) is 21.7 Å². The molecule has 9 aromatic rings. The van der Waals surface area contributed by atoms with E-state index in [4.69, 9.17) is 15.0 Å². The molecule has 4 aliphatic carbocycles. The Morgan fingerprint density at radius 1 is 0.313 bits per heavy atom. The molecule has 13 rings (SSSR count). The maximum Gasteiger partial charge on any atom is 0.238 e. The lowest BCUT2D eigenvalue weighted by Crippen LogP contribution is -2.23. The average molecular weight is 865 g/mol. The Hall–Kier alpha value is -7.43. The molecule has 0 bridgehead atoms. The zero-order valence-corrected chi connectivity index (χ0v) is 39.5.